The zero-order valence-electron chi connectivity index (χ0n) is 14.9. The lowest BCUT2D eigenvalue weighted by atomic mass is 10.1. The van der Waals surface area contributed by atoms with Crippen LogP contribution in [0, 0.1) is 0 Å². The Balaban J connectivity index is 1.46. The van der Waals surface area contributed by atoms with Crippen molar-refractivity contribution in [1.29, 1.82) is 0 Å². The van der Waals surface area contributed by atoms with Gasteiger partial charge in [0.05, 0.1) is 11.7 Å². The van der Waals surface area contributed by atoms with Crippen molar-refractivity contribution in [2.45, 2.75) is 25.6 Å². The van der Waals surface area contributed by atoms with Gasteiger partial charge in [-0.15, -0.1) is 0 Å². The molecule has 1 unspecified atom stereocenters. The molecule has 0 aromatic heterocycles. The molecule has 138 valence electrons. The Hall–Kier alpha value is -2.21. The molecule has 5 nitrogen and oxygen atoms in total. The Kier molecular flexibility index (Phi) is 6.77. The highest BCUT2D eigenvalue weighted by Crippen LogP contribution is 2.11. The molecule has 2 aromatic carbocycles. The summed E-state index contributed by atoms with van der Waals surface area (Å²) >= 11 is 0. The number of ether oxygens (including phenoxy) is 1. The molecule has 0 amide bonds. The van der Waals surface area contributed by atoms with Crippen molar-refractivity contribution >= 4 is 5.97 Å². The predicted molar refractivity (Wildman–Crippen MR) is 101 cm³/mol. The second-order valence-corrected chi connectivity index (χ2v) is 6.70. The molecule has 0 spiro atoms. The van der Waals surface area contributed by atoms with E-state index in [1.165, 1.54) is 5.56 Å². The molecule has 1 aliphatic rings. The van der Waals surface area contributed by atoms with E-state index >= 15 is 0 Å². The van der Waals surface area contributed by atoms with Crippen molar-refractivity contribution in [2.24, 2.45) is 0 Å². The zero-order chi connectivity index (χ0) is 18.2. The predicted octanol–water partition coefficient (Wildman–Crippen LogP) is 2.77. The molecule has 0 saturated carbocycles. The molecule has 1 aliphatic heterocycles. The molecule has 1 fully saturated rings. The molecule has 1 heterocycles. The summed E-state index contributed by atoms with van der Waals surface area (Å²) in [6.45, 7) is 5.22. The average Bonchev–Trinajstić information content (AvgIpc) is 2.88. The fourth-order valence-corrected chi connectivity index (χ4v) is 3.22. The number of rotatable bonds is 7. The van der Waals surface area contributed by atoms with Crippen LogP contribution >= 0.6 is 0 Å². The fraction of sp³-hybridized carbons (Fsp3) is 0.381. The van der Waals surface area contributed by atoms with Gasteiger partial charge < -0.3 is 15.2 Å². The SMILES string of the molecule is O=C(O)c1ccc(CNCC2CN(Cc3ccccc3)CCCO2)cc1. The number of aromatic carboxylic acids is 1. The van der Waals surface area contributed by atoms with Crippen LogP contribution < -0.4 is 5.32 Å². The van der Waals surface area contributed by atoms with Gasteiger partial charge in [-0.3, -0.25) is 4.90 Å². The molecule has 1 atom stereocenters. The quantitative estimate of drug-likeness (QED) is 0.801. The van der Waals surface area contributed by atoms with E-state index in [0.717, 1.165) is 44.8 Å². The number of nitrogens with zero attached hydrogens (tertiary/aromatic N) is 1. The van der Waals surface area contributed by atoms with Crippen molar-refractivity contribution in [3.8, 4) is 0 Å². The van der Waals surface area contributed by atoms with E-state index in [0.29, 0.717) is 12.1 Å². The lowest BCUT2D eigenvalue weighted by Gasteiger charge is -2.24. The monoisotopic (exact) mass is 354 g/mol. The summed E-state index contributed by atoms with van der Waals surface area (Å²) < 4.78 is 5.98. The van der Waals surface area contributed by atoms with E-state index in [9.17, 15) is 4.79 Å². The molecule has 0 radical (unpaired) electrons. The van der Waals surface area contributed by atoms with Gasteiger partial charge in [-0.2, -0.15) is 0 Å². The van der Waals surface area contributed by atoms with Crippen molar-refractivity contribution in [3.63, 3.8) is 0 Å². The highest BCUT2D eigenvalue weighted by atomic mass is 16.5. The third kappa shape index (κ3) is 5.66. The lowest BCUT2D eigenvalue weighted by Crippen LogP contribution is -2.37. The van der Waals surface area contributed by atoms with Gasteiger partial charge in [-0.25, -0.2) is 4.79 Å². The Labute approximate surface area is 154 Å². The van der Waals surface area contributed by atoms with Gasteiger partial charge in [-0.1, -0.05) is 42.5 Å². The summed E-state index contributed by atoms with van der Waals surface area (Å²) in [7, 11) is 0. The van der Waals surface area contributed by atoms with Crippen LogP contribution in [0.5, 0.6) is 0 Å². The van der Waals surface area contributed by atoms with Crippen molar-refractivity contribution < 1.29 is 14.6 Å². The number of carboxylic acid groups (broad SMARTS) is 1. The third-order valence-corrected chi connectivity index (χ3v) is 4.59. The first-order valence-electron chi connectivity index (χ1n) is 9.11. The minimum Gasteiger partial charge on any atom is -0.478 e. The average molecular weight is 354 g/mol. The summed E-state index contributed by atoms with van der Waals surface area (Å²) in [6, 6.07) is 17.5. The summed E-state index contributed by atoms with van der Waals surface area (Å²) in [6.07, 6.45) is 1.22. The lowest BCUT2D eigenvalue weighted by molar-refractivity contribution is 0.0533. The van der Waals surface area contributed by atoms with Crippen LogP contribution in [0.3, 0.4) is 0 Å². The molecule has 0 bridgehead atoms. The molecular weight excluding hydrogens is 328 g/mol. The smallest absolute Gasteiger partial charge is 0.335 e. The second kappa shape index (κ2) is 9.48. The van der Waals surface area contributed by atoms with Gasteiger partial charge in [0.2, 0.25) is 0 Å². The van der Waals surface area contributed by atoms with Gasteiger partial charge in [0.15, 0.2) is 0 Å². The van der Waals surface area contributed by atoms with Crippen LogP contribution in [-0.2, 0) is 17.8 Å². The minimum atomic E-state index is -0.894. The van der Waals surface area contributed by atoms with Crippen molar-refractivity contribution in [2.75, 3.05) is 26.2 Å². The summed E-state index contributed by atoms with van der Waals surface area (Å²) in [5.74, 6) is -0.894. The number of benzene rings is 2. The summed E-state index contributed by atoms with van der Waals surface area (Å²) in [5, 5.41) is 12.4. The number of carbonyl (C=O) groups is 1. The van der Waals surface area contributed by atoms with Crippen LogP contribution in [-0.4, -0.2) is 48.3 Å². The van der Waals surface area contributed by atoms with Crippen LogP contribution in [0.15, 0.2) is 54.6 Å². The standard InChI is InChI=1S/C21H26N2O3/c24-21(25)19-9-7-17(8-10-19)13-22-14-20-16-23(11-4-12-26-20)15-18-5-2-1-3-6-18/h1-3,5-10,20,22H,4,11-16H2,(H,24,25). The molecule has 0 aliphatic carbocycles. The van der Waals surface area contributed by atoms with Gasteiger partial charge in [-0.05, 0) is 29.7 Å². The minimum absolute atomic E-state index is 0.166. The van der Waals surface area contributed by atoms with Crippen LogP contribution in [0.2, 0.25) is 0 Å². The first-order valence-corrected chi connectivity index (χ1v) is 9.11. The Morgan fingerprint density at radius 1 is 1.12 bits per heavy atom. The Bertz CT molecular complexity index is 688. The highest BCUT2D eigenvalue weighted by Gasteiger charge is 2.18. The normalized spacial score (nSPS) is 18.4. The number of hydrogen-bond acceptors (Lipinski definition) is 4. The first kappa shape index (κ1) is 18.6. The molecule has 3 rings (SSSR count). The van der Waals surface area contributed by atoms with Gasteiger partial charge in [0.1, 0.15) is 0 Å². The number of hydrogen-bond donors (Lipinski definition) is 2. The number of nitrogens with one attached hydrogen (secondary N) is 1. The highest BCUT2D eigenvalue weighted by molar-refractivity contribution is 5.87. The van der Waals surface area contributed by atoms with Crippen molar-refractivity contribution in [3.05, 3.63) is 71.3 Å². The summed E-state index contributed by atoms with van der Waals surface area (Å²) in [5.41, 5.74) is 2.72. The topological polar surface area (TPSA) is 61.8 Å². The van der Waals surface area contributed by atoms with Crippen LogP contribution in [0.25, 0.3) is 0 Å². The molecule has 1 saturated heterocycles. The largest absolute Gasteiger partial charge is 0.478 e. The van der Waals surface area contributed by atoms with Gasteiger partial charge in [0, 0.05) is 39.3 Å². The Morgan fingerprint density at radius 2 is 1.88 bits per heavy atom. The Morgan fingerprint density at radius 3 is 2.62 bits per heavy atom. The number of carboxylic acids is 1. The first-order chi connectivity index (χ1) is 12.7. The van der Waals surface area contributed by atoms with E-state index in [1.807, 2.05) is 18.2 Å². The molecule has 2 aromatic rings. The fourth-order valence-electron chi connectivity index (χ4n) is 3.22. The molecule has 26 heavy (non-hydrogen) atoms. The van der Waals surface area contributed by atoms with Crippen LogP contribution in [0.4, 0.5) is 0 Å². The molecule has 5 heteroatoms. The van der Waals surface area contributed by atoms with E-state index in [4.69, 9.17) is 9.84 Å². The van der Waals surface area contributed by atoms with E-state index < -0.39 is 5.97 Å². The van der Waals surface area contributed by atoms with E-state index in [1.54, 1.807) is 12.1 Å². The maximum Gasteiger partial charge on any atom is 0.335 e. The van der Waals surface area contributed by atoms with Crippen LogP contribution in [0.1, 0.15) is 27.9 Å². The maximum atomic E-state index is 10.9. The summed E-state index contributed by atoms with van der Waals surface area (Å²) in [4.78, 5) is 13.3. The van der Waals surface area contributed by atoms with Gasteiger partial charge in [0.25, 0.3) is 0 Å². The maximum absolute atomic E-state index is 10.9. The van der Waals surface area contributed by atoms with Crippen molar-refractivity contribution in [1.82, 2.24) is 10.2 Å². The molecule has 2 N–H and O–H groups in total. The van der Waals surface area contributed by atoms with Gasteiger partial charge >= 0.3 is 5.97 Å². The molecular formula is C21H26N2O3. The van der Waals surface area contributed by atoms with E-state index in [-0.39, 0.29) is 6.10 Å². The van der Waals surface area contributed by atoms with E-state index in [2.05, 4.69) is 34.5 Å². The zero-order valence-corrected chi connectivity index (χ0v) is 14.9. The third-order valence-electron chi connectivity index (χ3n) is 4.59. The second-order valence-electron chi connectivity index (χ2n) is 6.70.